The van der Waals surface area contributed by atoms with Crippen LogP contribution in [-0.4, -0.2) is 17.0 Å². The van der Waals surface area contributed by atoms with E-state index < -0.39 is 5.97 Å². The molecular weight excluding hydrogens is 314 g/mol. The highest BCUT2D eigenvalue weighted by molar-refractivity contribution is 6.30. The van der Waals surface area contributed by atoms with Crippen molar-refractivity contribution in [3.05, 3.63) is 64.7 Å². The maximum Gasteiger partial charge on any atom is 0.307 e. The molecule has 0 atom stereocenters. The lowest BCUT2D eigenvalue weighted by atomic mass is 10.1. The van der Waals surface area contributed by atoms with Crippen LogP contribution >= 0.6 is 11.6 Å². The van der Waals surface area contributed by atoms with Gasteiger partial charge in [0, 0.05) is 17.1 Å². The van der Waals surface area contributed by atoms with Crippen LogP contribution in [0.5, 0.6) is 0 Å². The van der Waals surface area contributed by atoms with Crippen molar-refractivity contribution in [3.8, 4) is 0 Å². The van der Waals surface area contributed by atoms with Crippen LogP contribution in [-0.2, 0) is 22.4 Å². The number of anilines is 1. The van der Waals surface area contributed by atoms with Gasteiger partial charge in [-0.05, 0) is 48.2 Å². The molecule has 0 heterocycles. The number of carboxylic acids is 1. The number of amides is 1. The van der Waals surface area contributed by atoms with E-state index in [9.17, 15) is 9.59 Å². The first-order chi connectivity index (χ1) is 11.0. The molecule has 0 unspecified atom stereocenters. The normalized spacial score (nSPS) is 10.3. The summed E-state index contributed by atoms with van der Waals surface area (Å²) in [7, 11) is 0. The lowest BCUT2D eigenvalue weighted by Crippen LogP contribution is -2.11. The monoisotopic (exact) mass is 331 g/mol. The number of nitrogens with one attached hydrogen (secondary N) is 1. The van der Waals surface area contributed by atoms with E-state index in [1.807, 2.05) is 24.3 Å². The van der Waals surface area contributed by atoms with Crippen molar-refractivity contribution >= 4 is 29.2 Å². The Morgan fingerprint density at radius 2 is 1.57 bits per heavy atom. The van der Waals surface area contributed by atoms with Gasteiger partial charge in [0.05, 0.1) is 6.42 Å². The molecule has 120 valence electrons. The van der Waals surface area contributed by atoms with Crippen LogP contribution in [0.4, 0.5) is 5.69 Å². The molecule has 2 aromatic carbocycles. The molecule has 0 fully saturated rings. The Labute approximate surface area is 140 Å². The highest BCUT2D eigenvalue weighted by Crippen LogP contribution is 2.13. The average molecular weight is 332 g/mol. The predicted octanol–water partition coefficient (Wildman–Crippen LogP) is 3.93. The van der Waals surface area contributed by atoms with Gasteiger partial charge >= 0.3 is 5.97 Å². The van der Waals surface area contributed by atoms with Crippen LogP contribution in [0.2, 0.25) is 5.02 Å². The van der Waals surface area contributed by atoms with Gasteiger partial charge in [0.15, 0.2) is 0 Å². The number of benzene rings is 2. The second kappa shape index (κ2) is 8.34. The third-order valence-electron chi connectivity index (χ3n) is 3.38. The van der Waals surface area contributed by atoms with Crippen LogP contribution in [0.3, 0.4) is 0 Å². The first-order valence-electron chi connectivity index (χ1n) is 7.38. The third-order valence-corrected chi connectivity index (χ3v) is 3.63. The molecule has 0 spiro atoms. The van der Waals surface area contributed by atoms with Crippen molar-refractivity contribution in [2.75, 3.05) is 5.32 Å². The lowest BCUT2D eigenvalue weighted by Gasteiger charge is -2.06. The first kappa shape index (κ1) is 17.0. The summed E-state index contributed by atoms with van der Waals surface area (Å²) in [5.41, 5.74) is 2.54. The Morgan fingerprint density at radius 3 is 2.17 bits per heavy atom. The van der Waals surface area contributed by atoms with E-state index in [-0.39, 0.29) is 12.3 Å². The lowest BCUT2D eigenvalue weighted by molar-refractivity contribution is -0.136. The molecular formula is C18H18ClNO3. The summed E-state index contributed by atoms with van der Waals surface area (Å²) in [5.74, 6) is -0.922. The van der Waals surface area contributed by atoms with Gasteiger partial charge in [0.25, 0.3) is 0 Å². The second-order valence-electron chi connectivity index (χ2n) is 5.30. The molecule has 0 aliphatic rings. The fourth-order valence-corrected chi connectivity index (χ4v) is 2.33. The molecule has 0 aromatic heterocycles. The average Bonchev–Trinajstić information content (AvgIpc) is 2.51. The molecule has 2 N–H and O–H groups in total. The number of halogens is 1. The number of carboxylic acid groups (broad SMARTS) is 1. The van der Waals surface area contributed by atoms with Gasteiger partial charge in [-0.15, -0.1) is 0 Å². The molecule has 2 aromatic rings. The predicted molar refractivity (Wildman–Crippen MR) is 90.8 cm³/mol. The number of hydrogen-bond donors (Lipinski definition) is 2. The van der Waals surface area contributed by atoms with Crippen LogP contribution in [0.25, 0.3) is 0 Å². The zero-order valence-electron chi connectivity index (χ0n) is 12.6. The molecule has 23 heavy (non-hydrogen) atoms. The quantitative estimate of drug-likeness (QED) is 0.807. The molecule has 2 rings (SSSR count). The summed E-state index contributed by atoms with van der Waals surface area (Å²) < 4.78 is 0. The molecule has 4 nitrogen and oxygen atoms in total. The minimum Gasteiger partial charge on any atom is -0.481 e. The molecule has 5 heteroatoms. The summed E-state index contributed by atoms with van der Waals surface area (Å²) in [6, 6.07) is 14.5. The van der Waals surface area contributed by atoms with Crippen LogP contribution < -0.4 is 5.32 Å². The van der Waals surface area contributed by atoms with Crippen molar-refractivity contribution in [2.24, 2.45) is 0 Å². The van der Waals surface area contributed by atoms with E-state index in [1.165, 1.54) is 0 Å². The second-order valence-corrected chi connectivity index (χ2v) is 5.73. The van der Waals surface area contributed by atoms with E-state index in [0.29, 0.717) is 22.7 Å². The molecule has 0 saturated heterocycles. The highest BCUT2D eigenvalue weighted by Gasteiger charge is 2.04. The molecule has 0 aliphatic carbocycles. The van der Waals surface area contributed by atoms with E-state index in [0.717, 1.165) is 18.4 Å². The summed E-state index contributed by atoms with van der Waals surface area (Å²) in [6.45, 7) is 0. The summed E-state index contributed by atoms with van der Waals surface area (Å²) >= 11 is 5.83. The number of aryl methyl sites for hydroxylation is 1. The molecule has 0 bridgehead atoms. The Morgan fingerprint density at radius 1 is 0.957 bits per heavy atom. The topological polar surface area (TPSA) is 66.4 Å². The molecule has 0 saturated carbocycles. The van der Waals surface area contributed by atoms with E-state index in [1.54, 1.807) is 24.3 Å². The Bertz CT molecular complexity index is 666. The summed E-state index contributed by atoms with van der Waals surface area (Å²) in [4.78, 5) is 22.5. The Balaban J connectivity index is 1.76. The number of carbonyl (C=O) groups excluding carboxylic acids is 1. The fourth-order valence-electron chi connectivity index (χ4n) is 2.21. The van der Waals surface area contributed by atoms with Crippen molar-refractivity contribution in [3.63, 3.8) is 0 Å². The smallest absolute Gasteiger partial charge is 0.307 e. The Hall–Kier alpha value is -2.33. The van der Waals surface area contributed by atoms with Gasteiger partial charge in [-0.1, -0.05) is 35.9 Å². The van der Waals surface area contributed by atoms with Crippen molar-refractivity contribution in [1.82, 2.24) is 0 Å². The number of carbonyl (C=O) groups is 2. The van der Waals surface area contributed by atoms with Gasteiger partial charge in [-0.2, -0.15) is 0 Å². The fraction of sp³-hybridized carbons (Fsp3) is 0.222. The van der Waals surface area contributed by atoms with Crippen LogP contribution in [0.15, 0.2) is 48.5 Å². The zero-order chi connectivity index (χ0) is 16.7. The standard InChI is InChI=1S/C18H18ClNO3/c19-15-8-4-13(5-9-15)2-1-3-17(21)20-16-10-6-14(7-11-16)12-18(22)23/h4-11H,1-3,12H2,(H,20,21)(H,22,23). The van der Waals surface area contributed by atoms with E-state index in [2.05, 4.69) is 5.32 Å². The number of rotatable bonds is 7. The van der Waals surface area contributed by atoms with Gasteiger partial charge in [-0.3, -0.25) is 9.59 Å². The third kappa shape index (κ3) is 6.12. The zero-order valence-corrected chi connectivity index (χ0v) is 13.3. The number of aliphatic carboxylic acids is 1. The number of hydrogen-bond acceptors (Lipinski definition) is 2. The summed E-state index contributed by atoms with van der Waals surface area (Å²) in [6.07, 6.45) is 1.99. The maximum absolute atomic E-state index is 11.9. The SMILES string of the molecule is O=C(O)Cc1ccc(NC(=O)CCCc2ccc(Cl)cc2)cc1. The van der Waals surface area contributed by atoms with Crippen molar-refractivity contribution in [1.29, 1.82) is 0 Å². The van der Waals surface area contributed by atoms with Gasteiger partial charge < -0.3 is 10.4 Å². The van der Waals surface area contributed by atoms with Crippen LogP contribution in [0.1, 0.15) is 24.0 Å². The minimum absolute atomic E-state index is 0.0185. The maximum atomic E-state index is 11.9. The van der Waals surface area contributed by atoms with Gasteiger partial charge in [-0.25, -0.2) is 0 Å². The van der Waals surface area contributed by atoms with Crippen LogP contribution in [0, 0.1) is 0 Å². The van der Waals surface area contributed by atoms with E-state index >= 15 is 0 Å². The minimum atomic E-state index is -0.871. The van der Waals surface area contributed by atoms with Gasteiger partial charge in [0.1, 0.15) is 0 Å². The van der Waals surface area contributed by atoms with Crippen molar-refractivity contribution < 1.29 is 14.7 Å². The molecule has 0 radical (unpaired) electrons. The van der Waals surface area contributed by atoms with Crippen molar-refractivity contribution in [2.45, 2.75) is 25.7 Å². The molecule has 1 amide bonds. The largest absolute Gasteiger partial charge is 0.481 e. The Kier molecular flexibility index (Phi) is 6.18. The highest BCUT2D eigenvalue weighted by atomic mass is 35.5. The summed E-state index contributed by atoms with van der Waals surface area (Å²) in [5, 5.41) is 12.2. The van der Waals surface area contributed by atoms with Gasteiger partial charge in [0.2, 0.25) is 5.91 Å². The first-order valence-corrected chi connectivity index (χ1v) is 7.76. The molecule has 0 aliphatic heterocycles. The van der Waals surface area contributed by atoms with E-state index in [4.69, 9.17) is 16.7 Å².